The van der Waals surface area contributed by atoms with Crippen LogP contribution < -0.4 is 10.9 Å². The Hall–Kier alpha value is -4.07. The molecule has 0 bridgehead atoms. The Balaban J connectivity index is 1.51. The van der Waals surface area contributed by atoms with Gasteiger partial charge in [-0.05, 0) is 41.5 Å². The summed E-state index contributed by atoms with van der Waals surface area (Å²) in [6, 6.07) is 15.7. The van der Waals surface area contributed by atoms with Crippen LogP contribution in [-0.2, 0) is 13.1 Å². The second kappa shape index (κ2) is 8.52. The number of hydrogen-bond acceptors (Lipinski definition) is 4. The van der Waals surface area contributed by atoms with E-state index in [0.29, 0.717) is 18.8 Å². The molecule has 0 spiro atoms. The maximum Gasteiger partial charge on any atom is 0.272 e. The molecule has 0 aliphatic rings. The van der Waals surface area contributed by atoms with Crippen molar-refractivity contribution in [2.75, 3.05) is 0 Å². The summed E-state index contributed by atoms with van der Waals surface area (Å²) >= 11 is 0. The number of aromatic nitrogens is 4. The molecule has 0 saturated heterocycles. The molecule has 150 valence electrons. The van der Waals surface area contributed by atoms with Gasteiger partial charge in [0.25, 0.3) is 11.5 Å². The van der Waals surface area contributed by atoms with Crippen LogP contribution in [0.25, 0.3) is 5.69 Å². The number of hydrogen-bond donors (Lipinski definition) is 1. The molecule has 2 heterocycles. The van der Waals surface area contributed by atoms with Gasteiger partial charge in [0.15, 0.2) is 0 Å². The molecule has 7 nitrogen and oxygen atoms in total. The third-order valence-corrected chi connectivity index (χ3v) is 4.57. The smallest absolute Gasteiger partial charge is 0.272 e. The summed E-state index contributed by atoms with van der Waals surface area (Å²) < 4.78 is 16.2. The molecule has 30 heavy (non-hydrogen) atoms. The fraction of sp³-hybridized carbons (Fsp3) is 0.0909. The highest BCUT2D eigenvalue weighted by Crippen LogP contribution is 2.11. The Morgan fingerprint density at radius 1 is 1.00 bits per heavy atom. The molecule has 1 amide bonds. The van der Waals surface area contributed by atoms with E-state index in [1.165, 1.54) is 36.4 Å². The largest absolute Gasteiger partial charge is 0.347 e. The van der Waals surface area contributed by atoms with E-state index in [1.807, 2.05) is 35.0 Å². The van der Waals surface area contributed by atoms with Crippen LogP contribution >= 0.6 is 0 Å². The first-order valence-corrected chi connectivity index (χ1v) is 9.27. The Kier molecular flexibility index (Phi) is 5.47. The molecule has 1 N–H and O–H groups in total. The second-order valence-corrected chi connectivity index (χ2v) is 6.63. The highest BCUT2D eigenvalue weighted by atomic mass is 19.1. The molecule has 4 aromatic rings. The van der Waals surface area contributed by atoms with Gasteiger partial charge in [-0.2, -0.15) is 9.78 Å². The summed E-state index contributed by atoms with van der Waals surface area (Å²) in [5.41, 5.74) is 2.07. The molecule has 0 atom stereocenters. The van der Waals surface area contributed by atoms with Crippen molar-refractivity contribution in [2.24, 2.45) is 0 Å². The highest BCUT2D eigenvalue weighted by molar-refractivity contribution is 5.92. The number of imidazole rings is 1. The summed E-state index contributed by atoms with van der Waals surface area (Å²) in [5, 5.41) is 6.97. The van der Waals surface area contributed by atoms with Crippen molar-refractivity contribution >= 4 is 5.91 Å². The number of benzene rings is 2. The van der Waals surface area contributed by atoms with Crippen molar-refractivity contribution in [3.05, 3.63) is 112 Å². The van der Waals surface area contributed by atoms with Crippen LogP contribution in [0, 0.1) is 5.82 Å². The fourth-order valence-corrected chi connectivity index (χ4v) is 3.03. The molecule has 2 aromatic heterocycles. The van der Waals surface area contributed by atoms with Gasteiger partial charge in [0.05, 0.1) is 12.0 Å². The number of nitrogens with one attached hydrogen (secondary N) is 1. The third kappa shape index (κ3) is 4.33. The number of nitrogens with zero attached hydrogens (tertiary/aromatic N) is 4. The Morgan fingerprint density at radius 2 is 1.77 bits per heavy atom. The lowest BCUT2D eigenvalue weighted by molar-refractivity contribution is 0.0944. The van der Waals surface area contributed by atoms with Crippen molar-refractivity contribution in [3.8, 4) is 5.69 Å². The Morgan fingerprint density at radius 3 is 2.50 bits per heavy atom. The van der Waals surface area contributed by atoms with E-state index in [-0.39, 0.29) is 5.69 Å². The predicted octanol–water partition coefficient (Wildman–Crippen LogP) is 2.55. The van der Waals surface area contributed by atoms with Gasteiger partial charge < -0.3 is 9.88 Å². The number of halogens is 1. The monoisotopic (exact) mass is 403 g/mol. The first-order valence-electron chi connectivity index (χ1n) is 9.27. The van der Waals surface area contributed by atoms with Crippen LogP contribution in [0.3, 0.4) is 0 Å². The Bertz CT molecular complexity index is 1220. The van der Waals surface area contributed by atoms with Crippen molar-refractivity contribution in [2.45, 2.75) is 13.1 Å². The summed E-state index contributed by atoms with van der Waals surface area (Å²) in [7, 11) is 0. The van der Waals surface area contributed by atoms with E-state index in [1.54, 1.807) is 12.5 Å². The lowest BCUT2D eigenvalue weighted by Crippen LogP contribution is -2.29. The Labute approximate surface area is 171 Å². The van der Waals surface area contributed by atoms with Gasteiger partial charge >= 0.3 is 0 Å². The first kappa shape index (κ1) is 19.3. The molecular formula is C22H18FN5O2. The number of amides is 1. The molecule has 2 aromatic carbocycles. The van der Waals surface area contributed by atoms with Gasteiger partial charge in [0, 0.05) is 31.5 Å². The minimum Gasteiger partial charge on any atom is -0.347 e. The van der Waals surface area contributed by atoms with Crippen molar-refractivity contribution in [1.29, 1.82) is 0 Å². The topological polar surface area (TPSA) is 81.8 Å². The van der Waals surface area contributed by atoms with Crippen LogP contribution in [0.2, 0.25) is 0 Å². The van der Waals surface area contributed by atoms with Crippen LogP contribution in [0.15, 0.2) is 84.2 Å². The lowest BCUT2D eigenvalue weighted by Gasteiger charge is -2.12. The van der Waals surface area contributed by atoms with Crippen LogP contribution in [0.1, 0.15) is 21.6 Å². The molecule has 0 saturated carbocycles. The summed E-state index contributed by atoms with van der Waals surface area (Å²) in [6.07, 6.45) is 5.32. The molecule has 4 rings (SSSR count). The van der Waals surface area contributed by atoms with E-state index in [9.17, 15) is 14.0 Å². The summed E-state index contributed by atoms with van der Waals surface area (Å²) in [4.78, 5) is 28.8. The maximum atomic E-state index is 13.1. The summed E-state index contributed by atoms with van der Waals surface area (Å²) in [6.45, 7) is 0.945. The molecule has 8 heteroatoms. The molecule has 0 fully saturated rings. The van der Waals surface area contributed by atoms with Crippen molar-refractivity contribution in [3.63, 3.8) is 0 Å². The standard InChI is InChI=1S/C22H18FN5O2/c23-18-5-7-19(8-6-18)28-21(29)10-9-20(26-28)22(30)25-13-16-3-1-2-4-17(16)14-27-12-11-24-15-27/h1-12,15H,13-14H2,(H,25,30). The normalized spacial score (nSPS) is 10.7. The number of carbonyl (C=O) groups is 1. The third-order valence-electron chi connectivity index (χ3n) is 4.57. The van der Waals surface area contributed by atoms with Gasteiger partial charge in [-0.1, -0.05) is 24.3 Å². The molecule has 0 aliphatic heterocycles. The zero-order valence-corrected chi connectivity index (χ0v) is 15.9. The quantitative estimate of drug-likeness (QED) is 0.536. The second-order valence-electron chi connectivity index (χ2n) is 6.63. The van der Waals surface area contributed by atoms with Gasteiger partial charge in [0.2, 0.25) is 0 Å². The SMILES string of the molecule is O=C(NCc1ccccc1Cn1ccnc1)c1ccc(=O)n(-c2ccc(F)cc2)n1. The summed E-state index contributed by atoms with van der Waals surface area (Å²) in [5.74, 6) is -0.835. The van der Waals surface area contributed by atoms with Crippen LogP contribution in [-0.4, -0.2) is 25.2 Å². The zero-order valence-electron chi connectivity index (χ0n) is 15.9. The van der Waals surface area contributed by atoms with Gasteiger partial charge in [-0.3, -0.25) is 9.59 Å². The fourth-order valence-electron chi connectivity index (χ4n) is 3.03. The van der Waals surface area contributed by atoms with E-state index >= 15 is 0 Å². The van der Waals surface area contributed by atoms with Crippen LogP contribution in [0.4, 0.5) is 4.39 Å². The van der Waals surface area contributed by atoms with E-state index in [2.05, 4.69) is 15.4 Å². The number of carbonyl (C=O) groups excluding carboxylic acids is 1. The lowest BCUT2D eigenvalue weighted by atomic mass is 10.1. The predicted molar refractivity (Wildman–Crippen MR) is 109 cm³/mol. The van der Waals surface area contributed by atoms with E-state index < -0.39 is 17.3 Å². The van der Waals surface area contributed by atoms with Crippen molar-refractivity contribution < 1.29 is 9.18 Å². The molecule has 0 radical (unpaired) electrons. The first-order chi connectivity index (χ1) is 14.6. The molecule has 0 aliphatic carbocycles. The minimum absolute atomic E-state index is 0.0889. The molecular weight excluding hydrogens is 385 g/mol. The van der Waals surface area contributed by atoms with Crippen molar-refractivity contribution in [1.82, 2.24) is 24.6 Å². The van der Waals surface area contributed by atoms with E-state index in [0.717, 1.165) is 15.8 Å². The van der Waals surface area contributed by atoms with E-state index in [4.69, 9.17) is 0 Å². The van der Waals surface area contributed by atoms with Gasteiger partial charge in [0.1, 0.15) is 11.5 Å². The zero-order chi connectivity index (χ0) is 20.9. The highest BCUT2D eigenvalue weighted by Gasteiger charge is 2.12. The maximum absolute atomic E-state index is 13.1. The molecule has 0 unspecified atom stereocenters. The average molecular weight is 403 g/mol. The van der Waals surface area contributed by atoms with Crippen LogP contribution in [0.5, 0.6) is 0 Å². The number of rotatable bonds is 6. The minimum atomic E-state index is -0.421. The van der Waals surface area contributed by atoms with Gasteiger partial charge in [-0.25, -0.2) is 9.37 Å². The average Bonchev–Trinajstić information content (AvgIpc) is 3.27. The van der Waals surface area contributed by atoms with Gasteiger partial charge in [-0.15, -0.1) is 0 Å².